The van der Waals surface area contributed by atoms with Crippen LogP contribution < -0.4 is 5.32 Å². The van der Waals surface area contributed by atoms with Crippen LogP contribution in [0.15, 0.2) is 54.6 Å². The molecule has 34 heavy (non-hydrogen) atoms. The Bertz CT molecular complexity index is 1150. The summed E-state index contributed by atoms with van der Waals surface area (Å²) in [4.78, 5) is 50.0. The first-order valence-corrected chi connectivity index (χ1v) is 11.9. The van der Waals surface area contributed by atoms with E-state index in [0.717, 1.165) is 0 Å². The molecule has 0 aromatic heterocycles. The lowest BCUT2D eigenvalue weighted by atomic mass is 9.88. The van der Waals surface area contributed by atoms with Crippen LogP contribution in [0.25, 0.3) is 0 Å². The van der Waals surface area contributed by atoms with Crippen molar-refractivity contribution in [3.63, 3.8) is 0 Å². The SMILES string of the molecule is CC(C)C(=O)NC1[C@H](C(=O)OCc2ccc([N+](=O)[O-])cc2)N2C(=O)[C@@H](c3ccccc3)[C@H]2[S@]1=O. The lowest BCUT2D eigenvalue weighted by molar-refractivity contribution is -0.384. The summed E-state index contributed by atoms with van der Waals surface area (Å²) in [6.07, 6.45) is 0. The molecule has 2 amide bonds. The van der Waals surface area contributed by atoms with Gasteiger partial charge in [0.1, 0.15) is 17.4 Å². The number of nitro groups is 1. The third-order valence-corrected chi connectivity index (χ3v) is 7.74. The largest absolute Gasteiger partial charge is 0.459 e. The maximum absolute atomic E-state index is 13.4. The van der Waals surface area contributed by atoms with Crippen molar-refractivity contribution in [2.24, 2.45) is 5.92 Å². The molecule has 0 aliphatic carbocycles. The van der Waals surface area contributed by atoms with E-state index in [4.69, 9.17) is 4.74 Å². The van der Waals surface area contributed by atoms with Gasteiger partial charge in [0.05, 0.1) is 21.6 Å². The molecular weight excluding hydrogens is 462 g/mol. The van der Waals surface area contributed by atoms with Gasteiger partial charge in [0.25, 0.3) is 5.69 Å². The Kier molecular flexibility index (Phi) is 6.47. The van der Waals surface area contributed by atoms with E-state index in [1.807, 2.05) is 0 Å². The number of β-lactam (4-membered cyclic amide) rings is 1. The minimum absolute atomic E-state index is 0.0984. The van der Waals surface area contributed by atoms with Gasteiger partial charge in [-0.15, -0.1) is 0 Å². The van der Waals surface area contributed by atoms with E-state index < -0.39 is 56.2 Å². The molecule has 11 heteroatoms. The number of nitrogens with one attached hydrogen (secondary N) is 1. The molecule has 5 atom stereocenters. The van der Waals surface area contributed by atoms with Crippen molar-refractivity contribution in [1.29, 1.82) is 0 Å². The van der Waals surface area contributed by atoms with E-state index in [-0.39, 0.29) is 18.2 Å². The average molecular weight is 486 g/mol. The highest BCUT2D eigenvalue weighted by molar-refractivity contribution is 7.86. The summed E-state index contributed by atoms with van der Waals surface area (Å²) < 4.78 is 18.8. The number of ether oxygens (including phenoxy) is 1. The highest BCUT2D eigenvalue weighted by Crippen LogP contribution is 2.46. The molecule has 0 bridgehead atoms. The van der Waals surface area contributed by atoms with Crippen LogP contribution in [-0.4, -0.2) is 48.6 Å². The lowest BCUT2D eigenvalue weighted by Crippen LogP contribution is -2.62. The summed E-state index contributed by atoms with van der Waals surface area (Å²) in [6, 6.07) is 13.1. The van der Waals surface area contributed by atoms with Crippen LogP contribution >= 0.6 is 0 Å². The zero-order chi connectivity index (χ0) is 24.6. The molecule has 1 N–H and O–H groups in total. The van der Waals surface area contributed by atoms with Crippen molar-refractivity contribution in [2.45, 2.75) is 43.2 Å². The molecule has 2 aromatic carbocycles. The maximum atomic E-state index is 13.4. The molecule has 4 rings (SSSR count). The van der Waals surface area contributed by atoms with Crippen molar-refractivity contribution in [3.05, 3.63) is 75.8 Å². The third-order valence-electron chi connectivity index (χ3n) is 5.89. The molecule has 1 unspecified atom stereocenters. The highest BCUT2D eigenvalue weighted by atomic mass is 32.2. The summed E-state index contributed by atoms with van der Waals surface area (Å²) in [5, 5.41) is 11.6. The number of carbonyl (C=O) groups is 3. The first kappa shape index (κ1) is 23.6. The van der Waals surface area contributed by atoms with Crippen molar-refractivity contribution < 1.29 is 28.3 Å². The fraction of sp³-hybridized carbons (Fsp3) is 0.348. The summed E-state index contributed by atoms with van der Waals surface area (Å²) in [5.74, 6) is -2.64. The third kappa shape index (κ3) is 4.18. The molecular formula is C23H23N3O7S. The van der Waals surface area contributed by atoms with Crippen LogP contribution in [-0.2, 0) is 36.5 Å². The van der Waals surface area contributed by atoms with Gasteiger partial charge in [-0.05, 0) is 23.3 Å². The monoisotopic (exact) mass is 485 g/mol. The van der Waals surface area contributed by atoms with Gasteiger partial charge >= 0.3 is 5.97 Å². The van der Waals surface area contributed by atoms with E-state index in [0.29, 0.717) is 11.1 Å². The number of esters is 1. The molecule has 178 valence electrons. The minimum Gasteiger partial charge on any atom is -0.459 e. The Morgan fingerprint density at radius 1 is 1.15 bits per heavy atom. The second-order valence-electron chi connectivity index (χ2n) is 8.41. The lowest BCUT2D eigenvalue weighted by Gasteiger charge is -2.43. The normalized spacial score (nSPS) is 25.4. The second-order valence-corrected chi connectivity index (χ2v) is 10.1. The average Bonchev–Trinajstić information content (AvgIpc) is 3.06. The summed E-state index contributed by atoms with van der Waals surface area (Å²) in [6.45, 7) is 3.14. The number of carbonyl (C=O) groups excluding carboxylic acids is 3. The molecule has 0 saturated carbocycles. The standard InChI is InChI=1S/C23H23N3O7S/c1-13(2)19(27)24-20-18(23(29)33-12-14-8-10-16(11-9-14)26(30)31)25-21(28)17(22(25)34(20)32)15-6-4-3-5-7-15/h3-11,13,17-18,20,22H,12H2,1-2H3,(H,24,27)/t17-,18-,20?,22-,34+/m1/s1. The maximum Gasteiger partial charge on any atom is 0.332 e. The van der Waals surface area contributed by atoms with Crippen LogP contribution in [0.5, 0.6) is 0 Å². The first-order chi connectivity index (χ1) is 16.2. The number of hydrogen-bond acceptors (Lipinski definition) is 7. The van der Waals surface area contributed by atoms with E-state index in [9.17, 15) is 28.7 Å². The van der Waals surface area contributed by atoms with Crippen LogP contribution in [0, 0.1) is 16.0 Å². The first-order valence-electron chi connectivity index (χ1n) is 10.7. The predicted octanol–water partition coefficient (Wildman–Crippen LogP) is 1.82. The topological polar surface area (TPSA) is 136 Å². The van der Waals surface area contributed by atoms with Crippen molar-refractivity contribution >= 4 is 34.3 Å². The Hall–Kier alpha value is -3.60. The molecule has 0 radical (unpaired) electrons. The molecule has 10 nitrogen and oxygen atoms in total. The molecule has 2 fully saturated rings. The number of non-ortho nitro benzene ring substituents is 1. The van der Waals surface area contributed by atoms with Crippen LogP contribution in [0.1, 0.15) is 30.9 Å². The van der Waals surface area contributed by atoms with Gasteiger partial charge in [0.15, 0.2) is 6.04 Å². The Morgan fingerprint density at radius 2 is 1.79 bits per heavy atom. The van der Waals surface area contributed by atoms with Gasteiger partial charge in [0, 0.05) is 18.1 Å². The number of nitrogens with zero attached hydrogens (tertiary/aromatic N) is 2. The van der Waals surface area contributed by atoms with E-state index in [1.165, 1.54) is 29.2 Å². The molecule has 2 aliphatic rings. The van der Waals surface area contributed by atoms with Gasteiger partial charge < -0.3 is 15.0 Å². The van der Waals surface area contributed by atoms with E-state index in [1.54, 1.807) is 44.2 Å². The van der Waals surface area contributed by atoms with Gasteiger partial charge in [-0.3, -0.25) is 23.9 Å². The Labute approximate surface area is 197 Å². The van der Waals surface area contributed by atoms with Gasteiger partial charge in [-0.25, -0.2) is 4.79 Å². The highest BCUT2D eigenvalue weighted by Gasteiger charge is 2.65. The van der Waals surface area contributed by atoms with Crippen LogP contribution in [0.3, 0.4) is 0 Å². The predicted molar refractivity (Wildman–Crippen MR) is 121 cm³/mol. The van der Waals surface area contributed by atoms with Gasteiger partial charge in [-0.2, -0.15) is 0 Å². The molecule has 2 heterocycles. The summed E-state index contributed by atoms with van der Waals surface area (Å²) in [7, 11) is -1.75. The second kappa shape index (κ2) is 9.34. The van der Waals surface area contributed by atoms with Crippen LogP contribution in [0.4, 0.5) is 5.69 Å². The number of fused-ring (bicyclic) bond motifs is 1. The molecule has 0 spiro atoms. The van der Waals surface area contributed by atoms with Crippen molar-refractivity contribution in [2.75, 3.05) is 0 Å². The van der Waals surface area contributed by atoms with Crippen molar-refractivity contribution in [1.82, 2.24) is 10.2 Å². The fourth-order valence-electron chi connectivity index (χ4n) is 4.05. The van der Waals surface area contributed by atoms with E-state index in [2.05, 4.69) is 5.32 Å². The molecule has 2 aliphatic heterocycles. The summed E-state index contributed by atoms with van der Waals surface area (Å²) in [5.41, 5.74) is 1.10. The number of benzene rings is 2. The number of hydrogen-bond donors (Lipinski definition) is 1. The molecule has 2 saturated heterocycles. The smallest absolute Gasteiger partial charge is 0.332 e. The van der Waals surface area contributed by atoms with Crippen LogP contribution in [0.2, 0.25) is 0 Å². The molecule has 2 aromatic rings. The zero-order valence-electron chi connectivity index (χ0n) is 18.5. The minimum atomic E-state index is -1.75. The zero-order valence-corrected chi connectivity index (χ0v) is 19.3. The fourth-order valence-corrected chi connectivity index (χ4v) is 6.08. The summed E-state index contributed by atoms with van der Waals surface area (Å²) >= 11 is 0. The number of amides is 2. The van der Waals surface area contributed by atoms with Crippen molar-refractivity contribution in [3.8, 4) is 0 Å². The van der Waals surface area contributed by atoms with Gasteiger partial charge in [0.2, 0.25) is 11.8 Å². The quantitative estimate of drug-likeness (QED) is 0.273. The Morgan fingerprint density at radius 3 is 2.38 bits per heavy atom. The Balaban J connectivity index is 1.56. The number of rotatable bonds is 7. The van der Waals surface area contributed by atoms with Gasteiger partial charge in [-0.1, -0.05) is 44.2 Å². The number of nitro benzene ring substituents is 1. The van der Waals surface area contributed by atoms with E-state index >= 15 is 0 Å².